The molecule has 1 N–H and O–H groups in total. The fourth-order valence-electron chi connectivity index (χ4n) is 4.34. The van der Waals surface area contributed by atoms with Crippen LogP contribution in [0.15, 0.2) is 88.7 Å². The molecule has 7 nitrogen and oxygen atoms in total. The van der Waals surface area contributed by atoms with Crippen LogP contribution < -0.4 is 4.74 Å². The average Bonchev–Trinajstić information content (AvgIpc) is 3.59. The number of amides is 1. The highest BCUT2D eigenvalue weighted by Crippen LogP contribution is 2.41. The summed E-state index contributed by atoms with van der Waals surface area (Å²) < 4.78 is 17.0. The molecule has 0 aliphatic carbocycles. The van der Waals surface area contributed by atoms with Gasteiger partial charge >= 0.3 is 0 Å². The summed E-state index contributed by atoms with van der Waals surface area (Å²) in [6.07, 6.45) is 2.96. The van der Waals surface area contributed by atoms with Gasteiger partial charge in [0, 0.05) is 13.2 Å². The van der Waals surface area contributed by atoms with Crippen LogP contribution >= 0.6 is 0 Å². The van der Waals surface area contributed by atoms with Gasteiger partial charge in [-0.15, -0.1) is 0 Å². The van der Waals surface area contributed by atoms with E-state index in [0.717, 1.165) is 12.8 Å². The third-order valence-corrected chi connectivity index (χ3v) is 5.87. The fourth-order valence-corrected chi connectivity index (χ4v) is 4.34. The summed E-state index contributed by atoms with van der Waals surface area (Å²) in [7, 11) is 0. The number of para-hydroxylation sites is 1. The van der Waals surface area contributed by atoms with Crippen molar-refractivity contribution in [3.05, 3.63) is 95.6 Å². The number of aliphatic hydroxyl groups is 1. The summed E-state index contributed by atoms with van der Waals surface area (Å²) in [6.45, 7) is 0.904. The highest BCUT2D eigenvalue weighted by Gasteiger charge is 2.45. The van der Waals surface area contributed by atoms with Crippen molar-refractivity contribution in [3.63, 3.8) is 0 Å². The molecule has 0 saturated carbocycles. The third kappa shape index (κ3) is 4.15. The molecule has 1 fully saturated rings. The van der Waals surface area contributed by atoms with Crippen molar-refractivity contribution in [2.45, 2.75) is 25.0 Å². The Balaban J connectivity index is 1.53. The number of ketones is 1. The second-order valence-corrected chi connectivity index (χ2v) is 8.05. The molecule has 0 bridgehead atoms. The normalized spacial score (nSPS) is 20.5. The van der Waals surface area contributed by atoms with Crippen molar-refractivity contribution in [3.8, 4) is 11.5 Å². The number of nitrogens with zero attached hydrogens (tertiary/aromatic N) is 1. The van der Waals surface area contributed by atoms with E-state index in [-0.39, 0.29) is 24.0 Å². The number of carbonyl (C=O) groups excluding carboxylic acids is 2. The molecule has 0 spiro atoms. The Morgan fingerprint density at radius 1 is 1.06 bits per heavy atom. The Labute approximate surface area is 190 Å². The van der Waals surface area contributed by atoms with Gasteiger partial charge in [0.2, 0.25) is 5.78 Å². The number of ether oxygens (including phenoxy) is 2. The first-order valence-electron chi connectivity index (χ1n) is 10.9. The third-order valence-electron chi connectivity index (χ3n) is 5.87. The van der Waals surface area contributed by atoms with Gasteiger partial charge in [0.1, 0.15) is 11.5 Å². The quantitative estimate of drug-likeness (QED) is 0.524. The predicted octanol–water partition coefficient (Wildman–Crippen LogP) is 4.83. The van der Waals surface area contributed by atoms with E-state index >= 15 is 0 Å². The highest BCUT2D eigenvalue weighted by molar-refractivity contribution is 6.15. The van der Waals surface area contributed by atoms with Crippen molar-refractivity contribution >= 4 is 11.7 Å². The molecule has 7 heteroatoms. The zero-order chi connectivity index (χ0) is 22.8. The van der Waals surface area contributed by atoms with Crippen LogP contribution in [0.1, 0.15) is 35.0 Å². The molecule has 33 heavy (non-hydrogen) atoms. The first kappa shape index (κ1) is 21.0. The molecular formula is C26H23NO6. The number of Topliss-reactive ketones (excluding diaryl/α,β-unsaturated/α-hetero) is 1. The minimum absolute atomic E-state index is 0.00944. The molecule has 2 aromatic carbocycles. The van der Waals surface area contributed by atoms with E-state index in [2.05, 4.69) is 0 Å². The van der Waals surface area contributed by atoms with Crippen molar-refractivity contribution in [2.24, 2.45) is 0 Å². The number of benzene rings is 2. The largest absolute Gasteiger partial charge is 0.503 e. The second-order valence-electron chi connectivity index (χ2n) is 8.05. The Hall–Kier alpha value is -3.84. The number of aliphatic hydroxyl groups excluding tert-OH is 1. The predicted molar refractivity (Wildman–Crippen MR) is 119 cm³/mol. The Kier molecular flexibility index (Phi) is 5.71. The van der Waals surface area contributed by atoms with Crippen LogP contribution in [0.4, 0.5) is 0 Å². The van der Waals surface area contributed by atoms with E-state index in [9.17, 15) is 14.7 Å². The Morgan fingerprint density at radius 3 is 2.61 bits per heavy atom. The van der Waals surface area contributed by atoms with Gasteiger partial charge in [0.15, 0.2) is 11.5 Å². The topological polar surface area (TPSA) is 89.2 Å². The van der Waals surface area contributed by atoms with E-state index < -0.39 is 23.5 Å². The highest BCUT2D eigenvalue weighted by atomic mass is 16.5. The van der Waals surface area contributed by atoms with E-state index in [4.69, 9.17) is 13.9 Å². The van der Waals surface area contributed by atoms with Crippen LogP contribution in [0.5, 0.6) is 11.5 Å². The van der Waals surface area contributed by atoms with E-state index in [1.807, 2.05) is 36.4 Å². The molecule has 2 aliphatic rings. The zero-order valence-electron chi connectivity index (χ0n) is 17.8. The number of hydrogen-bond acceptors (Lipinski definition) is 6. The average molecular weight is 445 g/mol. The minimum Gasteiger partial charge on any atom is -0.503 e. The van der Waals surface area contributed by atoms with Crippen LogP contribution in [0, 0.1) is 0 Å². The molecule has 0 unspecified atom stereocenters. The molecular weight excluding hydrogens is 422 g/mol. The van der Waals surface area contributed by atoms with Gasteiger partial charge in [-0.1, -0.05) is 30.3 Å². The lowest BCUT2D eigenvalue weighted by Crippen LogP contribution is -2.37. The van der Waals surface area contributed by atoms with Crippen LogP contribution in [0.3, 0.4) is 0 Å². The molecule has 1 amide bonds. The Bertz CT molecular complexity index is 1180. The first-order valence-corrected chi connectivity index (χ1v) is 10.9. The van der Waals surface area contributed by atoms with Crippen LogP contribution in [-0.2, 0) is 9.53 Å². The number of carbonyl (C=O) groups is 2. The summed E-state index contributed by atoms with van der Waals surface area (Å²) in [5.41, 5.74) is 0.638. The van der Waals surface area contributed by atoms with Gasteiger partial charge in [-0.3, -0.25) is 9.59 Å². The SMILES string of the molecule is O=C(C1=C(O)C(=O)N(C[C@H]2CCCO2)[C@@H]1c1cccc(Oc2ccccc2)c1)c1ccco1. The molecule has 1 aromatic heterocycles. The maximum atomic E-state index is 13.3. The molecule has 2 atom stereocenters. The summed E-state index contributed by atoms with van der Waals surface area (Å²) in [6, 6.07) is 18.8. The van der Waals surface area contributed by atoms with Gasteiger partial charge in [0.05, 0.1) is 24.0 Å². The van der Waals surface area contributed by atoms with Gasteiger partial charge in [-0.25, -0.2) is 0 Å². The summed E-state index contributed by atoms with van der Waals surface area (Å²) in [4.78, 5) is 27.8. The maximum Gasteiger partial charge on any atom is 0.290 e. The lowest BCUT2D eigenvalue weighted by molar-refractivity contribution is -0.131. The van der Waals surface area contributed by atoms with Crippen molar-refractivity contribution in [1.29, 1.82) is 0 Å². The van der Waals surface area contributed by atoms with Gasteiger partial charge in [0.25, 0.3) is 5.91 Å². The number of rotatable bonds is 7. The molecule has 168 valence electrons. The van der Waals surface area contributed by atoms with Gasteiger partial charge in [-0.2, -0.15) is 0 Å². The van der Waals surface area contributed by atoms with E-state index in [1.54, 1.807) is 24.3 Å². The maximum absolute atomic E-state index is 13.3. The van der Waals surface area contributed by atoms with Gasteiger partial charge < -0.3 is 23.9 Å². The summed E-state index contributed by atoms with van der Waals surface area (Å²) in [5.74, 6) is -0.406. The molecule has 3 heterocycles. The molecule has 1 saturated heterocycles. The molecule has 0 radical (unpaired) electrons. The summed E-state index contributed by atoms with van der Waals surface area (Å²) >= 11 is 0. The lowest BCUT2D eigenvalue weighted by atomic mass is 9.94. The minimum atomic E-state index is -0.793. The van der Waals surface area contributed by atoms with E-state index in [1.165, 1.54) is 17.2 Å². The molecule has 2 aliphatic heterocycles. The second kappa shape index (κ2) is 8.96. The first-order chi connectivity index (χ1) is 16.1. The summed E-state index contributed by atoms with van der Waals surface area (Å²) in [5, 5.41) is 10.8. The lowest BCUT2D eigenvalue weighted by Gasteiger charge is -2.29. The zero-order valence-corrected chi connectivity index (χ0v) is 17.8. The van der Waals surface area contributed by atoms with Crippen LogP contribution in [0.25, 0.3) is 0 Å². The standard InChI is InChI=1S/C26H23NO6/c28-24(21-12-6-14-32-21)22-23(27(26(30)25(22)29)16-20-11-5-13-31-20)17-7-4-10-19(15-17)33-18-8-2-1-3-9-18/h1-4,6-10,12,14-15,20,23,29H,5,11,13,16H2/t20-,23-/m1/s1. The van der Waals surface area contributed by atoms with Crippen LogP contribution in [-0.4, -0.2) is 41.0 Å². The number of furan rings is 1. The number of hydrogen-bond donors (Lipinski definition) is 1. The van der Waals surface area contributed by atoms with Crippen molar-refractivity contribution in [1.82, 2.24) is 4.90 Å². The Morgan fingerprint density at radius 2 is 1.88 bits per heavy atom. The smallest absolute Gasteiger partial charge is 0.290 e. The fraction of sp³-hybridized carbons (Fsp3) is 0.231. The van der Waals surface area contributed by atoms with E-state index in [0.29, 0.717) is 23.7 Å². The molecule has 5 rings (SSSR count). The van der Waals surface area contributed by atoms with Crippen molar-refractivity contribution < 1.29 is 28.6 Å². The molecule has 3 aromatic rings. The van der Waals surface area contributed by atoms with Crippen molar-refractivity contribution in [2.75, 3.05) is 13.2 Å². The van der Waals surface area contributed by atoms with Gasteiger partial charge in [-0.05, 0) is 54.8 Å². The monoisotopic (exact) mass is 445 g/mol. The van der Waals surface area contributed by atoms with Crippen LogP contribution in [0.2, 0.25) is 0 Å².